The SMILES string of the molecule is CCCNC(Cc1nccn1CC)c1ccc(Br)c(Cl)c1. The second-order valence-electron chi connectivity index (χ2n) is 5.01. The minimum Gasteiger partial charge on any atom is -0.335 e. The lowest BCUT2D eigenvalue weighted by Gasteiger charge is -2.20. The van der Waals surface area contributed by atoms with Gasteiger partial charge in [0, 0.05) is 35.9 Å². The van der Waals surface area contributed by atoms with E-state index in [4.69, 9.17) is 11.6 Å². The first-order valence-electron chi connectivity index (χ1n) is 7.34. The Morgan fingerprint density at radius 3 is 2.86 bits per heavy atom. The van der Waals surface area contributed by atoms with Gasteiger partial charge in [0.25, 0.3) is 0 Å². The number of nitrogens with one attached hydrogen (secondary N) is 1. The van der Waals surface area contributed by atoms with Gasteiger partial charge >= 0.3 is 0 Å². The molecular formula is C16H21BrClN3. The molecule has 1 atom stereocenters. The summed E-state index contributed by atoms with van der Waals surface area (Å²) in [5, 5.41) is 4.34. The molecule has 0 aliphatic carbocycles. The standard InChI is InChI=1S/C16H21BrClN3/c1-3-7-19-15(11-16-20-8-9-21(16)4-2)12-5-6-13(17)14(18)10-12/h5-6,8-10,15,19H,3-4,7,11H2,1-2H3. The van der Waals surface area contributed by atoms with Crippen molar-refractivity contribution in [1.29, 1.82) is 0 Å². The highest BCUT2D eigenvalue weighted by Crippen LogP contribution is 2.27. The van der Waals surface area contributed by atoms with E-state index < -0.39 is 0 Å². The number of aromatic nitrogens is 2. The molecule has 0 radical (unpaired) electrons. The van der Waals surface area contributed by atoms with Crippen LogP contribution in [0.4, 0.5) is 0 Å². The Morgan fingerprint density at radius 2 is 2.19 bits per heavy atom. The van der Waals surface area contributed by atoms with E-state index in [2.05, 4.69) is 50.7 Å². The molecule has 1 aromatic heterocycles. The predicted molar refractivity (Wildman–Crippen MR) is 91.8 cm³/mol. The predicted octanol–water partition coefficient (Wildman–Crippen LogP) is 4.60. The summed E-state index contributed by atoms with van der Waals surface area (Å²) in [4.78, 5) is 4.48. The van der Waals surface area contributed by atoms with E-state index in [0.29, 0.717) is 0 Å². The van der Waals surface area contributed by atoms with Gasteiger partial charge in [-0.2, -0.15) is 0 Å². The first-order valence-corrected chi connectivity index (χ1v) is 8.51. The first-order chi connectivity index (χ1) is 10.2. The monoisotopic (exact) mass is 369 g/mol. The smallest absolute Gasteiger partial charge is 0.110 e. The van der Waals surface area contributed by atoms with Crippen LogP contribution in [0, 0.1) is 0 Å². The van der Waals surface area contributed by atoms with Gasteiger partial charge in [0.2, 0.25) is 0 Å². The lowest BCUT2D eigenvalue weighted by molar-refractivity contribution is 0.506. The highest BCUT2D eigenvalue weighted by Gasteiger charge is 2.15. The summed E-state index contributed by atoms with van der Waals surface area (Å²) in [6, 6.07) is 6.37. The highest BCUT2D eigenvalue weighted by atomic mass is 79.9. The number of hydrogen-bond donors (Lipinski definition) is 1. The molecule has 0 saturated heterocycles. The highest BCUT2D eigenvalue weighted by molar-refractivity contribution is 9.10. The van der Waals surface area contributed by atoms with Gasteiger partial charge in [-0.05, 0) is 53.5 Å². The van der Waals surface area contributed by atoms with Gasteiger partial charge in [-0.1, -0.05) is 24.6 Å². The zero-order valence-corrected chi connectivity index (χ0v) is 14.8. The molecule has 1 heterocycles. The van der Waals surface area contributed by atoms with Crippen molar-refractivity contribution in [3.8, 4) is 0 Å². The van der Waals surface area contributed by atoms with Gasteiger partial charge in [-0.3, -0.25) is 0 Å². The molecule has 0 aliphatic heterocycles. The Morgan fingerprint density at radius 1 is 1.38 bits per heavy atom. The summed E-state index contributed by atoms with van der Waals surface area (Å²) in [7, 11) is 0. The van der Waals surface area contributed by atoms with Gasteiger partial charge < -0.3 is 9.88 Å². The molecule has 0 fully saturated rings. The average Bonchev–Trinajstić information content (AvgIpc) is 2.93. The van der Waals surface area contributed by atoms with Crippen molar-refractivity contribution in [3.63, 3.8) is 0 Å². The number of nitrogens with zero attached hydrogens (tertiary/aromatic N) is 2. The van der Waals surface area contributed by atoms with Crippen molar-refractivity contribution >= 4 is 27.5 Å². The maximum Gasteiger partial charge on any atom is 0.110 e. The molecular weight excluding hydrogens is 350 g/mol. The molecule has 0 aliphatic rings. The minimum atomic E-state index is 0.225. The molecule has 0 amide bonds. The lowest BCUT2D eigenvalue weighted by atomic mass is 10.0. The van der Waals surface area contributed by atoms with Crippen LogP contribution >= 0.6 is 27.5 Å². The van der Waals surface area contributed by atoms with Crippen molar-refractivity contribution in [2.24, 2.45) is 0 Å². The van der Waals surface area contributed by atoms with Crippen LogP contribution in [0.3, 0.4) is 0 Å². The van der Waals surface area contributed by atoms with Crippen molar-refractivity contribution in [1.82, 2.24) is 14.9 Å². The van der Waals surface area contributed by atoms with Crippen LogP contribution in [0.25, 0.3) is 0 Å². The number of rotatable bonds is 7. The topological polar surface area (TPSA) is 29.9 Å². The van der Waals surface area contributed by atoms with Crippen molar-refractivity contribution in [2.45, 2.75) is 39.3 Å². The molecule has 5 heteroatoms. The Kier molecular flexibility index (Phi) is 6.27. The molecule has 1 aromatic carbocycles. The zero-order chi connectivity index (χ0) is 15.2. The van der Waals surface area contributed by atoms with Crippen molar-refractivity contribution < 1.29 is 0 Å². The van der Waals surface area contributed by atoms with Gasteiger partial charge in [0.15, 0.2) is 0 Å². The molecule has 2 aromatic rings. The average molecular weight is 371 g/mol. The largest absolute Gasteiger partial charge is 0.335 e. The van der Waals surface area contributed by atoms with Gasteiger partial charge in [0.05, 0.1) is 5.02 Å². The molecule has 21 heavy (non-hydrogen) atoms. The summed E-state index contributed by atoms with van der Waals surface area (Å²) < 4.78 is 3.11. The van der Waals surface area contributed by atoms with E-state index >= 15 is 0 Å². The number of benzene rings is 1. The third-order valence-corrected chi connectivity index (χ3v) is 4.75. The second-order valence-corrected chi connectivity index (χ2v) is 6.28. The zero-order valence-electron chi connectivity index (χ0n) is 12.4. The van der Waals surface area contributed by atoms with Crippen LogP contribution in [0.2, 0.25) is 5.02 Å². The summed E-state index contributed by atoms with van der Waals surface area (Å²) in [6.45, 7) is 6.23. The molecule has 2 rings (SSSR count). The molecule has 1 unspecified atom stereocenters. The van der Waals surface area contributed by atoms with E-state index in [1.165, 1.54) is 5.56 Å². The van der Waals surface area contributed by atoms with Gasteiger partial charge in [-0.25, -0.2) is 4.98 Å². The van der Waals surface area contributed by atoms with E-state index in [-0.39, 0.29) is 6.04 Å². The fraction of sp³-hybridized carbons (Fsp3) is 0.438. The third kappa shape index (κ3) is 4.31. The summed E-state index contributed by atoms with van der Waals surface area (Å²) in [5.41, 5.74) is 1.20. The molecule has 0 saturated carbocycles. The molecule has 1 N–H and O–H groups in total. The Bertz CT molecular complexity index is 583. The quantitative estimate of drug-likeness (QED) is 0.772. The fourth-order valence-electron chi connectivity index (χ4n) is 2.36. The summed E-state index contributed by atoms with van der Waals surface area (Å²) in [6.07, 6.45) is 5.85. The normalized spacial score (nSPS) is 12.6. The van der Waals surface area contributed by atoms with E-state index in [0.717, 1.165) is 41.3 Å². The van der Waals surface area contributed by atoms with Crippen LogP contribution < -0.4 is 5.32 Å². The van der Waals surface area contributed by atoms with E-state index in [9.17, 15) is 0 Å². The van der Waals surface area contributed by atoms with Gasteiger partial charge in [0.1, 0.15) is 5.82 Å². The third-order valence-electron chi connectivity index (χ3n) is 3.52. The van der Waals surface area contributed by atoms with Crippen LogP contribution in [0.5, 0.6) is 0 Å². The maximum atomic E-state index is 6.24. The maximum absolute atomic E-state index is 6.24. The Labute approximate surface area is 139 Å². The lowest BCUT2D eigenvalue weighted by Crippen LogP contribution is -2.25. The summed E-state index contributed by atoms with van der Waals surface area (Å²) >= 11 is 9.68. The first kappa shape index (κ1) is 16.5. The number of halogens is 2. The number of imidazole rings is 1. The van der Waals surface area contributed by atoms with Crippen LogP contribution in [-0.2, 0) is 13.0 Å². The molecule has 3 nitrogen and oxygen atoms in total. The Hall–Kier alpha value is -0.840. The van der Waals surface area contributed by atoms with Crippen molar-refractivity contribution in [2.75, 3.05) is 6.54 Å². The minimum absolute atomic E-state index is 0.225. The van der Waals surface area contributed by atoms with E-state index in [1.54, 1.807) is 0 Å². The number of hydrogen-bond acceptors (Lipinski definition) is 2. The second kappa shape index (κ2) is 7.97. The van der Waals surface area contributed by atoms with Crippen LogP contribution in [0.1, 0.15) is 37.7 Å². The Balaban J connectivity index is 2.23. The van der Waals surface area contributed by atoms with E-state index in [1.807, 2.05) is 24.5 Å². The van der Waals surface area contributed by atoms with Crippen molar-refractivity contribution in [3.05, 3.63) is 51.5 Å². The van der Waals surface area contributed by atoms with Crippen LogP contribution in [-0.4, -0.2) is 16.1 Å². The molecule has 114 valence electrons. The fourth-order valence-corrected chi connectivity index (χ4v) is 2.79. The van der Waals surface area contributed by atoms with Crippen LogP contribution in [0.15, 0.2) is 35.1 Å². The number of aryl methyl sites for hydroxylation is 1. The molecule has 0 spiro atoms. The van der Waals surface area contributed by atoms with Gasteiger partial charge in [-0.15, -0.1) is 0 Å². The molecule has 0 bridgehead atoms. The summed E-state index contributed by atoms with van der Waals surface area (Å²) in [5.74, 6) is 1.10.